The Balaban J connectivity index is 4.11. The molecule has 0 radical (unpaired) electrons. The second-order valence-electron chi connectivity index (χ2n) is 6.42. The number of carbonyl (C=O) groups is 2. The topological polar surface area (TPSA) is 156 Å². The highest BCUT2D eigenvalue weighted by molar-refractivity contribution is 5.81. The van der Waals surface area contributed by atoms with E-state index in [2.05, 4.69) is 6.92 Å². The smallest absolute Gasteiger partial charge is 0.261 e. The van der Waals surface area contributed by atoms with Gasteiger partial charge in [0.1, 0.15) is 12.2 Å². The molecule has 8 nitrogen and oxygen atoms in total. The number of rotatable bonds is 16. The van der Waals surface area contributed by atoms with Crippen LogP contribution >= 0.6 is 0 Å². The second kappa shape index (κ2) is 14.5. The zero-order valence-corrected chi connectivity index (χ0v) is 15.5. The van der Waals surface area contributed by atoms with Crippen LogP contribution in [0.15, 0.2) is 12.3 Å². The molecule has 152 valence electrons. The number of nitrogens with two attached hydrogens (primary N) is 2. The first-order chi connectivity index (χ1) is 12.3. The average Bonchev–Trinajstić information content (AvgIpc) is 2.60. The number of hydrogen-bond acceptors (Lipinski definition) is 6. The summed E-state index contributed by atoms with van der Waals surface area (Å²) in [6.07, 6.45) is 5.73. The van der Waals surface area contributed by atoms with E-state index < -0.39 is 36.2 Å². The fraction of sp³-hybridized carbons (Fsp3) is 0.778. The molecule has 0 rings (SSSR count). The van der Waals surface area contributed by atoms with Crippen LogP contribution in [0, 0.1) is 0 Å². The van der Waals surface area contributed by atoms with Gasteiger partial charge in [0.05, 0.1) is 6.26 Å². The Morgan fingerprint density at radius 1 is 0.885 bits per heavy atom. The normalized spacial score (nSPS) is 16.2. The predicted octanol–water partition coefficient (Wildman–Crippen LogP) is 0.469. The molecule has 0 aromatic rings. The Bertz CT molecular complexity index is 430. The Kier molecular flexibility index (Phi) is 13.6. The van der Waals surface area contributed by atoms with E-state index in [1.54, 1.807) is 6.08 Å². The van der Waals surface area contributed by atoms with Crippen molar-refractivity contribution < 1.29 is 29.6 Å². The average molecular weight is 374 g/mol. The molecular weight excluding hydrogens is 340 g/mol. The van der Waals surface area contributed by atoms with Gasteiger partial charge >= 0.3 is 0 Å². The highest BCUT2D eigenvalue weighted by atomic mass is 16.5. The van der Waals surface area contributed by atoms with Gasteiger partial charge in [0.15, 0.2) is 6.10 Å². The number of unbranched alkanes of at least 4 members (excludes halogenated alkanes) is 8. The van der Waals surface area contributed by atoms with Crippen molar-refractivity contribution >= 4 is 11.8 Å². The Morgan fingerprint density at radius 3 is 1.92 bits per heavy atom. The van der Waals surface area contributed by atoms with Gasteiger partial charge in [0.2, 0.25) is 12.0 Å². The van der Waals surface area contributed by atoms with Gasteiger partial charge in [0.25, 0.3) is 5.91 Å². The number of primary amides is 2. The molecule has 7 N–H and O–H groups in total. The summed E-state index contributed by atoms with van der Waals surface area (Å²) in [5.74, 6) is -2.27. The van der Waals surface area contributed by atoms with Crippen LogP contribution < -0.4 is 11.5 Å². The van der Waals surface area contributed by atoms with Crippen molar-refractivity contribution in [1.82, 2.24) is 0 Å². The zero-order chi connectivity index (χ0) is 19.9. The molecule has 2 amide bonds. The van der Waals surface area contributed by atoms with E-state index in [0.717, 1.165) is 19.3 Å². The summed E-state index contributed by atoms with van der Waals surface area (Å²) in [4.78, 5) is 22.2. The third-order valence-electron chi connectivity index (χ3n) is 4.10. The lowest BCUT2D eigenvalue weighted by Crippen LogP contribution is -2.53. The second-order valence-corrected chi connectivity index (χ2v) is 6.42. The molecule has 8 heteroatoms. The lowest BCUT2D eigenvalue weighted by molar-refractivity contribution is -0.152. The maximum absolute atomic E-state index is 11.3. The Morgan fingerprint density at radius 2 is 1.42 bits per heavy atom. The molecule has 0 aliphatic heterocycles. The van der Waals surface area contributed by atoms with Gasteiger partial charge < -0.3 is 31.5 Å². The van der Waals surface area contributed by atoms with Gasteiger partial charge in [0, 0.05) is 0 Å². The van der Waals surface area contributed by atoms with E-state index in [1.807, 2.05) is 0 Å². The molecule has 0 aromatic heterocycles. The van der Waals surface area contributed by atoms with Gasteiger partial charge in [-0.15, -0.1) is 0 Å². The van der Waals surface area contributed by atoms with Crippen LogP contribution in [-0.4, -0.2) is 51.5 Å². The maximum Gasteiger partial charge on any atom is 0.261 e. The van der Waals surface area contributed by atoms with Crippen LogP contribution in [0.5, 0.6) is 0 Å². The van der Waals surface area contributed by atoms with E-state index in [-0.39, 0.29) is 0 Å². The van der Waals surface area contributed by atoms with Gasteiger partial charge in [-0.2, -0.15) is 0 Å². The molecule has 0 saturated carbocycles. The lowest BCUT2D eigenvalue weighted by atomic mass is 10.0. The SMILES string of the molecule is CCCCCCCCCC/C=C/O[C@@H](C(N)=O)[C@@H](O)[C@H](O)[C@H](O)C(N)=O. The van der Waals surface area contributed by atoms with E-state index in [0.29, 0.717) is 0 Å². The molecule has 0 aliphatic carbocycles. The number of aliphatic hydroxyl groups is 3. The quantitative estimate of drug-likeness (QED) is 0.195. The van der Waals surface area contributed by atoms with Crippen molar-refractivity contribution in [2.75, 3.05) is 0 Å². The number of ether oxygens (including phenoxy) is 1. The van der Waals surface area contributed by atoms with Crippen molar-refractivity contribution in [1.29, 1.82) is 0 Å². The van der Waals surface area contributed by atoms with E-state index >= 15 is 0 Å². The van der Waals surface area contributed by atoms with Crippen molar-refractivity contribution in [3.8, 4) is 0 Å². The first-order valence-corrected chi connectivity index (χ1v) is 9.26. The number of allylic oxidation sites excluding steroid dienone is 1. The minimum absolute atomic E-state index is 0.739. The largest absolute Gasteiger partial charge is 0.486 e. The fourth-order valence-corrected chi connectivity index (χ4v) is 2.45. The van der Waals surface area contributed by atoms with E-state index in [9.17, 15) is 24.9 Å². The predicted molar refractivity (Wildman–Crippen MR) is 97.6 cm³/mol. The van der Waals surface area contributed by atoms with Crippen molar-refractivity contribution in [3.63, 3.8) is 0 Å². The summed E-state index contributed by atoms with van der Waals surface area (Å²) in [5, 5.41) is 28.8. The minimum atomic E-state index is -2.03. The van der Waals surface area contributed by atoms with Gasteiger partial charge in [-0.3, -0.25) is 9.59 Å². The van der Waals surface area contributed by atoms with Gasteiger partial charge in [-0.1, -0.05) is 51.9 Å². The van der Waals surface area contributed by atoms with Crippen LogP contribution in [0.1, 0.15) is 64.7 Å². The molecule has 0 fully saturated rings. The Hall–Kier alpha value is -1.64. The molecule has 4 atom stereocenters. The van der Waals surface area contributed by atoms with Crippen LogP contribution in [0.3, 0.4) is 0 Å². The van der Waals surface area contributed by atoms with Gasteiger partial charge in [-0.25, -0.2) is 0 Å². The summed E-state index contributed by atoms with van der Waals surface area (Å²) in [7, 11) is 0. The molecule has 0 heterocycles. The van der Waals surface area contributed by atoms with Crippen molar-refractivity contribution in [2.45, 2.75) is 89.1 Å². The minimum Gasteiger partial charge on any atom is -0.486 e. The Labute approximate surface area is 155 Å². The number of amides is 2. The van der Waals surface area contributed by atoms with Crippen molar-refractivity contribution in [3.05, 3.63) is 12.3 Å². The third-order valence-corrected chi connectivity index (χ3v) is 4.10. The standard InChI is InChI=1S/C18H34N2O6/c1-2-3-4-5-6-7-8-9-10-11-12-26-16(18(20)25)14(22)13(21)15(23)17(19)24/h11-16,21-23H,2-10H2,1H3,(H2,19,24)(H2,20,25)/b12-11+/t13-,14-,15-,16+/m0/s1. The monoisotopic (exact) mass is 374 g/mol. The molecule has 0 unspecified atom stereocenters. The molecule has 0 saturated heterocycles. The molecule has 0 spiro atoms. The summed E-state index contributed by atoms with van der Waals surface area (Å²) >= 11 is 0. The summed E-state index contributed by atoms with van der Waals surface area (Å²) in [6.45, 7) is 2.19. The number of carbonyl (C=O) groups excluding carboxylic acids is 2. The van der Waals surface area contributed by atoms with Crippen LogP contribution in [0.25, 0.3) is 0 Å². The fourth-order valence-electron chi connectivity index (χ4n) is 2.45. The van der Waals surface area contributed by atoms with Crippen molar-refractivity contribution in [2.24, 2.45) is 11.5 Å². The molecular formula is C18H34N2O6. The first-order valence-electron chi connectivity index (χ1n) is 9.26. The van der Waals surface area contributed by atoms with E-state index in [4.69, 9.17) is 16.2 Å². The first kappa shape index (κ1) is 24.4. The molecule has 26 heavy (non-hydrogen) atoms. The number of aliphatic hydroxyl groups excluding tert-OH is 3. The van der Waals surface area contributed by atoms with E-state index in [1.165, 1.54) is 44.8 Å². The summed E-state index contributed by atoms with van der Waals surface area (Å²) in [6, 6.07) is 0. The maximum atomic E-state index is 11.3. The van der Waals surface area contributed by atoms with Gasteiger partial charge in [-0.05, 0) is 18.9 Å². The summed E-state index contributed by atoms with van der Waals surface area (Å²) in [5.41, 5.74) is 9.95. The summed E-state index contributed by atoms with van der Waals surface area (Å²) < 4.78 is 5.06. The van der Waals surface area contributed by atoms with Crippen LogP contribution in [0.2, 0.25) is 0 Å². The van der Waals surface area contributed by atoms with Crippen LogP contribution in [0.4, 0.5) is 0 Å². The highest BCUT2D eigenvalue weighted by Gasteiger charge is 2.37. The third kappa shape index (κ3) is 10.4. The molecule has 0 aliphatic rings. The molecule has 0 bridgehead atoms. The number of hydrogen-bond donors (Lipinski definition) is 5. The zero-order valence-electron chi connectivity index (χ0n) is 15.5. The van der Waals surface area contributed by atoms with Crippen LogP contribution in [-0.2, 0) is 14.3 Å². The molecule has 0 aromatic carbocycles. The highest BCUT2D eigenvalue weighted by Crippen LogP contribution is 2.11. The lowest BCUT2D eigenvalue weighted by Gasteiger charge is -2.25.